The summed E-state index contributed by atoms with van der Waals surface area (Å²) in [6.45, 7) is 4.72. The zero-order valence-corrected chi connectivity index (χ0v) is 13.3. The molecule has 0 bridgehead atoms. The maximum atomic E-state index is 12.7. The number of carboxylic acid groups (broad SMARTS) is 1. The van der Waals surface area contributed by atoms with Gasteiger partial charge >= 0.3 is 5.97 Å². The van der Waals surface area contributed by atoms with Crippen LogP contribution in [0.4, 0.5) is 0 Å². The van der Waals surface area contributed by atoms with Crippen LogP contribution in [-0.4, -0.2) is 36.9 Å². The Morgan fingerprint density at radius 2 is 2.05 bits per heavy atom. The quantitative estimate of drug-likeness (QED) is 0.926. The first-order valence-electron chi connectivity index (χ1n) is 6.69. The smallest absolute Gasteiger partial charge is 0.347 e. The van der Waals surface area contributed by atoms with E-state index in [0.29, 0.717) is 24.6 Å². The van der Waals surface area contributed by atoms with Crippen LogP contribution < -0.4 is 0 Å². The van der Waals surface area contributed by atoms with Gasteiger partial charge in [0.05, 0.1) is 0 Å². The first-order valence-corrected chi connectivity index (χ1v) is 9.01. The largest absolute Gasteiger partial charge is 0.477 e. The van der Waals surface area contributed by atoms with Crippen molar-refractivity contribution in [2.24, 2.45) is 5.92 Å². The Bertz CT molecular complexity index is 598. The minimum absolute atomic E-state index is 0.0232. The van der Waals surface area contributed by atoms with Gasteiger partial charge in [0, 0.05) is 13.1 Å². The molecule has 1 N–H and O–H groups in total. The molecule has 1 aliphatic rings. The third kappa shape index (κ3) is 2.75. The summed E-state index contributed by atoms with van der Waals surface area (Å²) in [5.74, 6) is -0.603. The van der Waals surface area contributed by atoms with Crippen LogP contribution in [0.2, 0.25) is 0 Å². The van der Waals surface area contributed by atoms with Gasteiger partial charge in [0.2, 0.25) is 10.0 Å². The van der Waals surface area contributed by atoms with Gasteiger partial charge < -0.3 is 5.11 Å². The highest BCUT2D eigenvalue weighted by molar-refractivity contribution is 7.89. The van der Waals surface area contributed by atoms with Crippen molar-refractivity contribution in [1.82, 2.24) is 4.31 Å². The first kappa shape index (κ1) is 15.5. The van der Waals surface area contributed by atoms with Gasteiger partial charge in [-0.05, 0) is 36.6 Å². The molecule has 1 aromatic heterocycles. The van der Waals surface area contributed by atoms with E-state index in [1.807, 2.05) is 0 Å². The van der Waals surface area contributed by atoms with Crippen LogP contribution in [0.3, 0.4) is 0 Å². The average Bonchev–Trinajstić information content (AvgIpc) is 2.81. The van der Waals surface area contributed by atoms with Crippen molar-refractivity contribution in [1.29, 1.82) is 0 Å². The third-order valence-corrected chi connectivity index (χ3v) is 7.16. The van der Waals surface area contributed by atoms with Gasteiger partial charge in [-0.15, -0.1) is 11.3 Å². The Morgan fingerprint density at radius 1 is 1.45 bits per heavy atom. The van der Waals surface area contributed by atoms with Gasteiger partial charge in [0.25, 0.3) is 0 Å². The van der Waals surface area contributed by atoms with Crippen LogP contribution in [-0.2, 0) is 10.0 Å². The molecule has 0 atom stereocenters. The van der Waals surface area contributed by atoms with Crippen molar-refractivity contribution in [3.05, 3.63) is 15.8 Å². The van der Waals surface area contributed by atoms with E-state index in [-0.39, 0.29) is 9.77 Å². The lowest BCUT2D eigenvalue weighted by Crippen LogP contribution is -2.38. The van der Waals surface area contributed by atoms with Gasteiger partial charge in [0.15, 0.2) is 0 Å². The molecule has 5 nitrogen and oxygen atoms in total. The molecule has 0 saturated carbocycles. The molecule has 0 radical (unpaired) electrons. The molecular formula is C13H19NO4S2. The number of carbonyl (C=O) groups is 1. The predicted molar refractivity (Wildman–Crippen MR) is 77.8 cm³/mol. The average molecular weight is 317 g/mol. The molecule has 0 aliphatic carbocycles. The summed E-state index contributed by atoms with van der Waals surface area (Å²) in [4.78, 5) is 11.1. The van der Waals surface area contributed by atoms with Crippen molar-refractivity contribution < 1.29 is 18.3 Å². The minimum Gasteiger partial charge on any atom is -0.477 e. The molecule has 0 aromatic carbocycles. The van der Waals surface area contributed by atoms with Gasteiger partial charge in [-0.25, -0.2) is 13.2 Å². The van der Waals surface area contributed by atoms with Gasteiger partial charge in [-0.1, -0.05) is 13.3 Å². The lowest BCUT2D eigenvalue weighted by atomic mass is 9.96. The maximum Gasteiger partial charge on any atom is 0.347 e. The summed E-state index contributed by atoms with van der Waals surface area (Å²) in [5, 5.41) is 10.7. The lowest BCUT2D eigenvalue weighted by molar-refractivity contribution is 0.0698. The highest BCUT2D eigenvalue weighted by Gasteiger charge is 2.34. The van der Waals surface area contributed by atoms with E-state index in [0.717, 1.165) is 30.6 Å². The van der Waals surface area contributed by atoms with Crippen molar-refractivity contribution in [2.45, 2.75) is 38.0 Å². The van der Waals surface area contributed by atoms with E-state index in [4.69, 9.17) is 5.11 Å². The minimum atomic E-state index is -3.69. The second-order valence-electron chi connectivity index (χ2n) is 5.14. The normalized spacial score (nSPS) is 18.3. The van der Waals surface area contributed by atoms with Gasteiger partial charge in [0.1, 0.15) is 9.77 Å². The summed E-state index contributed by atoms with van der Waals surface area (Å²) in [7, 11) is -3.69. The van der Waals surface area contributed by atoms with Crippen LogP contribution >= 0.6 is 11.3 Å². The molecule has 20 heavy (non-hydrogen) atoms. The summed E-state index contributed by atoms with van der Waals surface area (Å²) in [6.07, 6.45) is 2.76. The molecule has 1 saturated heterocycles. The number of piperidine rings is 1. The van der Waals surface area contributed by atoms with Crippen molar-refractivity contribution >= 4 is 27.3 Å². The topological polar surface area (TPSA) is 74.7 Å². The first-order chi connectivity index (χ1) is 9.37. The van der Waals surface area contributed by atoms with Crippen LogP contribution in [0.5, 0.6) is 0 Å². The SMILES string of the molecule is CCC1CCN(S(=O)(=O)c2c(C)csc2C(=O)O)CC1. The van der Waals surface area contributed by atoms with Crippen molar-refractivity contribution in [2.75, 3.05) is 13.1 Å². The fourth-order valence-corrected chi connectivity index (χ4v) is 5.64. The molecule has 0 spiro atoms. The molecule has 1 fully saturated rings. The highest BCUT2D eigenvalue weighted by Crippen LogP contribution is 2.32. The second-order valence-corrected chi connectivity index (χ2v) is 7.89. The number of nitrogens with zero attached hydrogens (tertiary/aromatic N) is 1. The number of aryl methyl sites for hydroxylation is 1. The fourth-order valence-electron chi connectivity index (χ4n) is 2.59. The Hall–Kier alpha value is -0.920. The second kappa shape index (κ2) is 5.83. The molecule has 7 heteroatoms. The third-order valence-electron chi connectivity index (χ3n) is 3.86. The van der Waals surface area contributed by atoms with Crippen LogP contribution in [0.15, 0.2) is 10.3 Å². The van der Waals surface area contributed by atoms with Gasteiger partial charge in [-0.3, -0.25) is 0 Å². The van der Waals surface area contributed by atoms with Crippen LogP contribution in [0.25, 0.3) is 0 Å². The summed E-state index contributed by atoms with van der Waals surface area (Å²) in [6, 6.07) is 0. The number of thiophene rings is 1. The van der Waals surface area contributed by atoms with Crippen LogP contribution in [0.1, 0.15) is 41.4 Å². The number of hydrogen-bond acceptors (Lipinski definition) is 4. The summed E-state index contributed by atoms with van der Waals surface area (Å²) < 4.78 is 26.7. The highest BCUT2D eigenvalue weighted by atomic mass is 32.2. The maximum absolute atomic E-state index is 12.7. The molecule has 1 aromatic rings. The van der Waals surface area contributed by atoms with E-state index in [2.05, 4.69) is 6.92 Å². The Labute approximate surface area is 123 Å². The van der Waals surface area contributed by atoms with Crippen molar-refractivity contribution in [3.8, 4) is 0 Å². The molecule has 0 amide bonds. The molecule has 112 valence electrons. The monoisotopic (exact) mass is 317 g/mol. The van der Waals surface area contributed by atoms with E-state index >= 15 is 0 Å². The van der Waals surface area contributed by atoms with E-state index in [9.17, 15) is 13.2 Å². The zero-order chi connectivity index (χ0) is 14.9. The number of rotatable bonds is 4. The molecule has 1 aliphatic heterocycles. The number of carboxylic acids is 1. The van der Waals surface area contributed by atoms with Crippen LogP contribution in [0, 0.1) is 12.8 Å². The van der Waals surface area contributed by atoms with E-state index < -0.39 is 16.0 Å². The number of hydrogen-bond donors (Lipinski definition) is 1. The number of aromatic carboxylic acids is 1. The van der Waals surface area contributed by atoms with Gasteiger partial charge in [-0.2, -0.15) is 4.31 Å². The Morgan fingerprint density at radius 3 is 2.55 bits per heavy atom. The Balaban J connectivity index is 2.32. The Kier molecular flexibility index (Phi) is 4.51. The lowest BCUT2D eigenvalue weighted by Gasteiger charge is -2.30. The molecule has 0 unspecified atom stereocenters. The molecule has 2 rings (SSSR count). The van der Waals surface area contributed by atoms with E-state index in [1.54, 1.807) is 12.3 Å². The molecular weight excluding hydrogens is 298 g/mol. The predicted octanol–water partition coefficient (Wildman–Crippen LogP) is 2.57. The molecule has 2 heterocycles. The number of sulfonamides is 1. The summed E-state index contributed by atoms with van der Waals surface area (Å²) >= 11 is 0.975. The fraction of sp³-hybridized carbons (Fsp3) is 0.615. The summed E-state index contributed by atoms with van der Waals surface area (Å²) in [5.41, 5.74) is 0.519. The standard InChI is InChI=1S/C13H19NO4S2/c1-3-10-4-6-14(7-5-10)20(17,18)12-9(2)8-19-11(12)13(15)16/h8,10H,3-7H2,1-2H3,(H,15,16). The zero-order valence-electron chi connectivity index (χ0n) is 11.6. The van der Waals surface area contributed by atoms with Crippen molar-refractivity contribution in [3.63, 3.8) is 0 Å². The van der Waals surface area contributed by atoms with E-state index in [1.165, 1.54) is 4.31 Å².